The largest absolute Gasteiger partial charge is 0.496 e. The van der Waals surface area contributed by atoms with Gasteiger partial charge < -0.3 is 20.5 Å². The lowest BCUT2D eigenvalue weighted by molar-refractivity contribution is 0.102. The molecule has 7 heteroatoms. The molecule has 7 nitrogen and oxygen atoms in total. The first kappa shape index (κ1) is 24.0. The van der Waals surface area contributed by atoms with Crippen LogP contribution in [0.2, 0.25) is 0 Å². The van der Waals surface area contributed by atoms with Gasteiger partial charge in [-0.3, -0.25) is 14.2 Å². The van der Waals surface area contributed by atoms with Gasteiger partial charge in [-0.05, 0) is 48.6 Å². The van der Waals surface area contributed by atoms with E-state index in [9.17, 15) is 9.59 Å². The van der Waals surface area contributed by atoms with Crippen LogP contribution in [0.25, 0.3) is 21.9 Å². The Morgan fingerprint density at radius 1 is 1.00 bits per heavy atom. The van der Waals surface area contributed by atoms with E-state index in [1.807, 2.05) is 55.5 Å². The van der Waals surface area contributed by atoms with Gasteiger partial charge in [0.2, 0.25) is 0 Å². The van der Waals surface area contributed by atoms with Crippen LogP contribution in [0.1, 0.15) is 22.3 Å². The van der Waals surface area contributed by atoms with Gasteiger partial charge in [-0.25, -0.2) is 0 Å². The zero-order valence-corrected chi connectivity index (χ0v) is 20.1. The summed E-state index contributed by atoms with van der Waals surface area (Å²) in [4.78, 5) is 26.4. The van der Waals surface area contributed by atoms with Crippen molar-refractivity contribution in [2.24, 2.45) is 0 Å². The first-order valence-electron chi connectivity index (χ1n) is 11.4. The van der Waals surface area contributed by atoms with Crippen molar-refractivity contribution < 1.29 is 14.3 Å². The summed E-state index contributed by atoms with van der Waals surface area (Å²) in [6, 6.07) is 20.2. The van der Waals surface area contributed by atoms with Crippen molar-refractivity contribution in [2.45, 2.75) is 19.9 Å². The van der Waals surface area contributed by atoms with E-state index < -0.39 is 0 Å². The molecule has 3 N–H and O–H groups in total. The van der Waals surface area contributed by atoms with Crippen LogP contribution in [0.4, 0.5) is 11.5 Å². The molecule has 0 aliphatic heterocycles. The van der Waals surface area contributed by atoms with Gasteiger partial charge in [0.15, 0.2) is 0 Å². The van der Waals surface area contributed by atoms with Crippen molar-refractivity contribution >= 4 is 28.2 Å². The molecule has 1 heterocycles. The van der Waals surface area contributed by atoms with Gasteiger partial charge in [-0.15, -0.1) is 0 Å². The van der Waals surface area contributed by atoms with E-state index in [1.165, 1.54) is 0 Å². The lowest BCUT2D eigenvalue weighted by atomic mass is 9.97. The Bertz CT molecular complexity index is 1440. The van der Waals surface area contributed by atoms with Crippen molar-refractivity contribution in [1.29, 1.82) is 0 Å². The van der Waals surface area contributed by atoms with Crippen molar-refractivity contribution in [2.75, 3.05) is 31.9 Å². The highest BCUT2D eigenvalue weighted by Crippen LogP contribution is 2.38. The molecule has 0 bridgehead atoms. The summed E-state index contributed by atoms with van der Waals surface area (Å²) >= 11 is 0. The molecule has 3 aromatic carbocycles. The van der Waals surface area contributed by atoms with Crippen molar-refractivity contribution in [3.8, 4) is 16.9 Å². The lowest BCUT2D eigenvalue weighted by Crippen LogP contribution is -2.25. The Kier molecular flexibility index (Phi) is 7.17. The number of hydrogen-bond acceptors (Lipinski definition) is 5. The molecule has 1 amide bonds. The predicted octanol–water partition coefficient (Wildman–Crippen LogP) is 4.86. The summed E-state index contributed by atoms with van der Waals surface area (Å²) in [5.74, 6) is 0.780. The van der Waals surface area contributed by atoms with Crippen molar-refractivity contribution in [1.82, 2.24) is 4.57 Å². The summed E-state index contributed by atoms with van der Waals surface area (Å²) in [6.45, 7) is 2.78. The minimum Gasteiger partial charge on any atom is -0.496 e. The Labute approximate surface area is 204 Å². The van der Waals surface area contributed by atoms with E-state index in [2.05, 4.69) is 5.32 Å². The van der Waals surface area contributed by atoms with E-state index in [-0.39, 0.29) is 11.5 Å². The summed E-state index contributed by atoms with van der Waals surface area (Å²) < 4.78 is 12.3. The van der Waals surface area contributed by atoms with Gasteiger partial charge >= 0.3 is 0 Å². The maximum atomic E-state index is 13.5. The van der Waals surface area contributed by atoms with Gasteiger partial charge in [0, 0.05) is 48.0 Å². The molecule has 4 rings (SSSR count). The molecule has 4 aromatic rings. The molecule has 35 heavy (non-hydrogen) atoms. The number of hydrogen-bond donors (Lipinski definition) is 2. The van der Waals surface area contributed by atoms with Crippen LogP contribution >= 0.6 is 0 Å². The molecule has 1 aromatic heterocycles. The number of amides is 1. The molecule has 0 unspecified atom stereocenters. The predicted molar refractivity (Wildman–Crippen MR) is 140 cm³/mol. The molecule has 0 aliphatic rings. The number of carbonyl (C=O) groups excluding carboxylic acids is 1. The zero-order chi connectivity index (χ0) is 24.9. The number of ether oxygens (including phenoxy) is 2. The first-order chi connectivity index (χ1) is 17.0. The Morgan fingerprint density at radius 3 is 2.49 bits per heavy atom. The third-order valence-corrected chi connectivity index (χ3v) is 6.07. The fraction of sp³-hybridized carbons (Fsp3) is 0.214. The highest BCUT2D eigenvalue weighted by Gasteiger charge is 2.19. The SMILES string of the molecule is COCCCn1c(N)c(-c2ccccc2OC)c2ccc(NC(=O)c3ccccc3C)cc2c1=O. The average Bonchev–Trinajstić information content (AvgIpc) is 2.87. The van der Waals surface area contributed by atoms with E-state index >= 15 is 0 Å². The number of rotatable bonds is 8. The average molecular weight is 472 g/mol. The number of benzene rings is 3. The summed E-state index contributed by atoms with van der Waals surface area (Å²) in [5, 5.41) is 4.07. The second-order valence-electron chi connectivity index (χ2n) is 8.29. The number of aromatic nitrogens is 1. The van der Waals surface area contributed by atoms with Crippen LogP contribution in [0.5, 0.6) is 5.75 Å². The van der Waals surface area contributed by atoms with Crippen LogP contribution in [-0.2, 0) is 11.3 Å². The number of nitrogens with two attached hydrogens (primary N) is 1. The third-order valence-electron chi connectivity index (χ3n) is 6.07. The fourth-order valence-corrected chi connectivity index (χ4v) is 4.29. The first-order valence-corrected chi connectivity index (χ1v) is 11.4. The molecular weight excluding hydrogens is 442 g/mol. The van der Waals surface area contributed by atoms with Crippen LogP contribution in [0.3, 0.4) is 0 Å². The van der Waals surface area contributed by atoms with Crippen LogP contribution in [-0.4, -0.2) is 31.3 Å². The number of fused-ring (bicyclic) bond motifs is 1. The second kappa shape index (κ2) is 10.4. The quantitative estimate of drug-likeness (QED) is 0.358. The molecule has 0 atom stereocenters. The number of methoxy groups -OCH3 is 2. The Morgan fingerprint density at radius 2 is 1.74 bits per heavy atom. The monoisotopic (exact) mass is 471 g/mol. The number of nitrogens with zero attached hydrogens (tertiary/aromatic N) is 1. The summed E-state index contributed by atoms with van der Waals surface area (Å²) in [5.41, 5.74) is 9.86. The molecule has 0 radical (unpaired) electrons. The lowest BCUT2D eigenvalue weighted by Gasteiger charge is -2.19. The van der Waals surface area contributed by atoms with Crippen molar-refractivity contribution in [3.63, 3.8) is 0 Å². The number of anilines is 2. The smallest absolute Gasteiger partial charge is 0.260 e. The topological polar surface area (TPSA) is 95.6 Å². The maximum Gasteiger partial charge on any atom is 0.260 e. The standard InChI is InChI=1S/C28H29N3O4/c1-18-9-4-5-10-20(18)27(32)30-19-13-14-21-23(17-19)28(33)31(15-8-16-34-2)26(29)25(21)22-11-6-7-12-24(22)35-3/h4-7,9-14,17H,8,15-16,29H2,1-3H3,(H,30,32). The highest BCUT2D eigenvalue weighted by molar-refractivity contribution is 6.08. The van der Waals surface area contributed by atoms with Gasteiger partial charge in [0.05, 0.1) is 7.11 Å². The summed E-state index contributed by atoms with van der Waals surface area (Å²) in [6.07, 6.45) is 0.626. The molecule has 0 fully saturated rings. The number of pyridine rings is 1. The highest BCUT2D eigenvalue weighted by atomic mass is 16.5. The molecule has 0 spiro atoms. The van der Waals surface area contributed by atoms with Gasteiger partial charge in [0.25, 0.3) is 11.5 Å². The third kappa shape index (κ3) is 4.76. The number of aryl methyl sites for hydroxylation is 1. The number of carbonyl (C=O) groups is 1. The van der Waals surface area contributed by atoms with Crippen LogP contribution in [0.15, 0.2) is 71.5 Å². The molecule has 180 valence electrons. The van der Waals surface area contributed by atoms with E-state index in [0.29, 0.717) is 58.7 Å². The maximum absolute atomic E-state index is 13.5. The minimum absolute atomic E-state index is 0.223. The van der Waals surface area contributed by atoms with E-state index in [1.54, 1.807) is 37.0 Å². The second-order valence-corrected chi connectivity index (χ2v) is 8.29. The molecule has 0 saturated carbocycles. The van der Waals surface area contributed by atoms with E-state index in [4.69, 9.17) is 15.2 Å². The fourth-order valence-electron chi connectivity index (χ4n) is 4.29. The zero-order valence-electron chi connectivity index (χ0n) is 20.1. The molecule has 0 aliphatic carbocycles. The summed E-state index contributed by atoms with van der Waals surface area (Å²) in [7, 11) is 3.22. The molecular formula is C28H29N3O4. The van der Waals surface area contributed by atoms with Gasteiger partial charge in [-0.2, -0.15) is 0 Å². The minimum atomic E-state index is -0.233. The molecule has 0 saturated heterocycles. The number of nitrogens with one attached hydrogen (secondary N) is 1. The van der Waals surface area contributed by atoms with Crippen LogP contribution in [0, 0.1) is 6.92 Å². The van der Waals surface area contributed by atoms with Gasteiger partial charge in [-0.1, -0.05) is 42.5 Å². The normalized spacial score (nSPS) is 10.9. The van der Waals surface area contributed by atoms with Crippen LogP contribution < -0.4 is 21.3 Å². The Balaban J connectivity index is 1.88. The number of nitrogen functional groups attached to an aromatic ring is 1. The van der Waals surface area contributed by atoms with E-state index in [0.717, 1.165) is 11.1 Å². The Hall–Kier alpha value is -4.10. The van der Waals surface area contributed by atoms with Crippen molar-refractivity contribution in [3.05, 3.63) is 88.2 Å². The number of para-hydroxylation sites is 1. The van der Waals surface area contributed by atoms with Gasteiger partial charge in [0.1, 0.15) is 11.6 Å².